The van der Waals surface area contributed by atoms with Crippen molar-refractivity contribution in [2.75, 3.05) is 31.9 Å². The Bertz CT molecular complexity index is 637. The summed E-state index contributed by atoms with van der Waals surface area (Å²) >= 11 is -0.925. The van der Waals surface area contributed by atoms with Gasteiger partial charge in [0, 0.05) is 12.6 Å². The maximum absolute atomic E-state index is 12.5. The molecule has 6 nitrogen and oxygen atoms in total. The van der Waals surface area contributed by atoms with Crippen molar-refractivity contribution >= 4 is 17.3 Å². The Labute approximate surface area is 183 Å². The topological polar surface area (TPSA) is 73.9 Å². The standard InChI is InChI=1S/C23H36N2O4S/c1-3-28-23(26)25-15-7-10-21(24-17-30(2)27)22(25)16-29-20-13-11-19(12-14-20)18-8-5-4-6-9-18/h4-6,8-9,19-22,24H,3,7,10-17H2,1-2H3/t19-,20+,21-,22-,30?/m0/s1. The minimum Gasteiger partial charge on any atom is -0.616 e. The van der Waals surface area contributed by atoms with Gasteiger partial charge in [-0.25, -0.2) is 4.79 Å². The van der Waals surface area contributed by atoms with Crippen LogP contribution in [0.25, 0.3) is 0 Å². The number of amides is 1. The molecule has 1 aliphatic heterocycles. The molecule has 1 aliphatic carbocycles. The van der Waals surface area contributed by atoms with Crippen molar-refractivity contribution in [1.29, 1.82) is 0 Å². The molecule has 3 atom stereocenters. The number of benzene rings is 1. The molecule has 1 unspecified atom stereocenters. The smallest absolute Gasteiger partial charge is 0.410 e. The van der Waals surface area contributed by atoms with Gasteiger partial charge in [-0.2, -0.15) is 0 Å². The monoisotopic (exact) mass is 436 g/mol. The highest BCUT2D eigenvalue weighted by Crippen LogP contribution is 2.34. The largest absolute Gasteiger partial charge is 0.616 e. The van der Waals surface area contributed by atoms with Crippen LogP contribution in [-0.4, -0.2) is 65.6 Å². The van der Waals surface area contributed by atoms with Crippen LogP contribution in [0.3, 0.4) is 0 Å². The summed E-state index contributed by atoms with van der Waals surface area (Å²) in [5, 5.41) is 3.38. The fourth-order valence-corrected chi connectivity index (χ4v) is 5.13. The first-order valence-electron chi connectivity index (χ1n) is 11.2. The van der Waals surface area contributed by atoms with Crippen molar-refractivity contribution in [3.8, 4) is 0 Å². The number of hydrogen-bond acceptors (Lipinski definition) is 5. The van der Waals surface area contributed by atoms with Gasteiger partial charge in [-0.15, -0.1) is 0 Å². The summed E-state index contributed by atoms with van der Waals surface area (Å²) in [5.74, 6) is 1.05. The van der Waals surface area contributed by atoms with E-state index in [1.165, 1.54) is 5.56 Å². The average Bonchev–Trinajstić information content (AvgIpc) is 2.77. The summed E-state index contributed by atoms with van der Waals surface area (Å²) in [6.07, 6.45) is 7.86. The van der Waals surface area contributed by atoms with Gasteiger partial charge >= 0.3 is 6.09 Å². The Balaban J connectivity index is 1.55. The Morgan fingerprint density at radius 3 is 2.60 bits per heavy atom. The van der Waals surface area contributed by atoms with Crippen LogP contribution in [0.5, 0.6) is 0 Å². The van der Waals surface area contributed by atoms with Gasteiger partial charge in [0.05, 0.1) is 31.6 Å². The lowest BCUT2D eigenvalue weighted by atomic mass is 9.83. The van der Waals surface area contributed by atoms with Crippen LogP contribution in [0.2, 0.25) is 0 Å². The van der Waals surface area contributed by atoms with Crippen molar-refractivity contribution in [1.82, 2.24) is 10.2 Å². The van der Waals surface area contributed by atoms with Crippen molar-refractivity contribution in [2.45, 2.75) is 69.6 Å². The maximum Gasteiger partial charge on any atom is 0.410 e. The Morgan fingerprint density at radius 1 is 1.20 bits per heavy atom. The molecular weight excluding hydrogens is 400 g/mol. The molecule has 0 radical (unpaired) electrons. The fourth-order valence-electron chi connectivity index (χ4n) is 4.68. The van der Waals surface area contributed by atoms with E-state index in [-0.39, 0.29) is 24.3 Å². The highest BCUT2D eigenvalue weighted by Gasteiger charge is 2.36. The van der Waals surface area contributed by atoms with Gasteiger partial charge in [-0.3, -0.25) is 5.32 Å². The fraction of sp³-hybridized carbons (Fsp3) is 0.696. The highest BCUT2D eigenvalue weighted by atomic mass is 32.2. The Morgan fingerprint density at radius 2 is 1.93 bits per heavy atom. The average molecular weight is 437 g/mol. The number of ether oxygens (including phenoxy) is 2. The predicted molar refractivity (Wildman–Crippen MR) is 120 cm³/mol. The first-order chi connectivity index (χ1) is 14.6. The molecule has 168 valence electrons. The Kier molecular flexibility index (Phi) is 9.30. The van der Waals surface area contributed by atoms with Crippen molar-refractivity contribution in [2.24, 2.45) is 0 Å². The van der Waals surface area contributed by atoms with E-state index in [2.05, 4.69) is 35.6 Å². The van der Waals surface area contributed by atoms with Gasteiger partial charge in [-0.05, 0) is 68.1 Å². The van der Waals surface area contributed by atoms with E-state index < -0.39 is 11.2 Å². The van der Waals surface area contributed by atoms with E-state index in [0.717, 1.165) is 38.5 Å². The molecule has 1 saturated heterocycles. The number of piperidine rings is 1. The maximum atomic E-state index is 12.5. The zero-order valence-electron chi connectivity index (χ0n) is 18.3. The van der Waals surface area contributed by atoms with Crippen LogP contribution in [0.4, 0.5) is 4.79 Å². The van der Waals surface area contributed by atoms with Gasteiger partial charge in [-0.1, -0.05) is 30.3 Å². The molecular formula is C23H36N2O4S. The van der Waals surface area contributed by atoms with Crippen LogP contribution in [0, 0.1) is 0 Å². The SMILES string of the molecule is CCOC(=O)N1CCC[C@H](NC[S+](C)[O-])[C@@H]1CO[C@H]1CC[C@@H](c2ccccc2)CC1. The van der Waals surface area contributed by atoms with E-state index in [1.807, 2.05) is 6.92 Å². The number of likely N-dealkylation sites (tertiary alicyclic amines) is 1. The molecule has 1 N–H and O–H groups in total. The zero-order chi connectivity index (χ0) is 21.3. The third-order valence-electron chi connectivity index (χ3n) is 6.28. The number of nitrogens with zero attached hydrogens (tertiary/aromatic N) is 1. The quantitative estimate of drug-likeness (QED) is 0.630. The van der Waals surface area contributed by atoms with Gasteiger partial charge in [0.15, 0.2) is 5.88 Å². The lowest BCUT2D eigenvalue weighted by molar-refractivity contribution is -0.0278. The predicted octanol–water partition coefficient (Wildman–Crippen LogP) is 3.64. The summed E-state index contributed by atoms with van der Waals surface area (Å²) in [7, 11) is 0. The summed E-state index contributed by atoms with van der Waals surface area (Å²) in [4.78, 5) is 14.3. The van der Waals surface area contributed by atoms with E-state index in [9.17, 15) is 9.35 Å². The van der Waals surface area contributed by atoms with Gasteiger partial charge < -0.3 is 18.9 Å². The van der Waals surface area contributed by atoms with Crippen LogP contribution >= 0.6 is 0 Å². The molecule has 1 heterocycles. The van der Waals surface area contributed by atoms with Crippen molar-refractivity contribution in [3.05, 3.63) is 35.9 Å². The lowest BCUT2D eigenvalue weighted by Gasteiger charge is -2.41. The summed E-state index contributed by atoms with van der Waals surface area (Å²) in [6, 6.07) is 10.7. The third kappa shape index (κ3) is 6.61. The molecule has 0 bridgehead atoms. The molecule has 1 saturated carbocycles. The van der Waals surface area contributed by atoms with Crippen LogP contribution < -0.4 is 5.32 Å². The zero-order valence-corrected chi connectivity index (χ0v) is 19.1. The minimum absolute atomic E-state index is 0.0766. The van der Waals surface area contributed by atoms with Crippen LogP contribution in [-0.2, 0) is 20.6 Å². The number of nitrogens with one attached hydrogen (secondary N) is 1. The molecule has 3 rings (SSSR count). The molecule has 7 heteroatoms. The normalized spacial score (nSPS) is 28.2. The van der Waals surface area contributed by atoms with Crippen molar-refractivity contribution < 1.29 is 18.8 Å². The first-order valence-corrected chi connectivity index (χ1v) is 12.9. The second-order valence-electron chi connectivity index (χ2n) is 8.35. The summed E-state index contributed by atoms with van der Waals surface area (Å²) in [6.45, 7) is 3.37. The molecule has 1 aromatic carbocycles. The first kappa shape index (κ1) is 23.4. The van der Waals surface area contributed by atoms with E-state index in [1.54, 1.807) is 11.2 Å². The third-order valence-corrected chi connectivity index (χ3v) is 6.85. The molecule has 0 spiro atoms. The van der Waals surface area contributed by atoms with Gasteiger partial charge in [0.1, 0.15) is 0 Å². The summed E-state index contributed by atoms with van der Waals surface area (Å²) < 4.78 is 23.2. The molecule has 30 heavy (non-hydrogen) atoms. The van der Waals surface area contributed by atoms with E-state index in [4.69, 9.17) is 9.47 Å². The molecule has 1 aromatic rings. The van der Waals surface area contributed by atoms with E-state index >= 15 is 0 Å². The second-order valence-corrected chi connectivity index (χ2v) is 9.78. The highest BCUT2D eigenvalue weighted by molar-refractivity contribution is 7.90. The molecule has 2 aliphatic rings. The van der Waals surface area contributed by atoms with E-state index in [0.29, 0.717) is 31.6 Å². The van der Waals surface area contributed by atoms with Crippen LogP contribution in [0.15, 0.2) is 30.3 Å². The molecule has 0 aromatic heterocycles. The van der Waals surface area contributed by atoms with Crippen LogP contribution in [0.1, 0.15) is 56.9 Å². The van der Waals surface area contributed by atoms with Gasteiger partial charge in [0.2, 0.25) is 0 Å². The Hall–Kier alpha value is -1.28. The number of rotatable bonds is 8. The minimum atomic E-state index is -0.925. The second kappa shape index (κ2) is 11.9. The number of carbonyl (C=O) groups is 1. The number of hydrogen-bond donors (Lipinski definition) is 1. The number of carbonyl (C=O) groups excluding carboxylic acids is 1. The molecule has 1 amide bonds. The van der Waals surface area contributed by atoms with Gasteiger partial charge in [0.25, 0.3) is 0 Å². The molecule has 2 fully saturated rings. The lowest BCUT2D eigenvalue weighted by Crippen LogP contribution is -2.58. The van der Waals surface area contributed by atoms with Crippen molar-refractivity contribution in [3.63, 3.8) is 0 Å². The summed E-state index contributed by atoms with van der Waals surface area (Å²) in [5.41, 5.74) is 1.42.